The van der Waals surface area contributed by atoms with Gasteiger partial charge in [0.1, 0.15) is 72.5 Å². The number of carbonyl (C=O) groups is 13. The lowest BCUT2D eigenvalue weighted by atomic mass is 9.96. The van der Waals surface area contributed by atoms with E-state index in [0.717, 1.165) is 0 Å². The van der Waals surface area contributed by atoms with E-state index in [-0.39, 0.29) is 102 Å². The van der Waals surface area contributed by atoms with Crippen LogP contribution >= 0.6 is 25.3 Å². The average Bonchev–Trinajstić information content (AvgIpc) is 1.72. The highest BCUT2D eigenvalue weighted by Gasteiger charge is 2.46. The Morgan fingerprint density at radius 2 is 1.05 bits per heavy atom. The van der Waals surface area contributed by atoms with Gasteiger partial charge in [-0.2, -0.15) is 25.3 Å². The van der Waals surface area contributed by atoms with Gasteiger partial charge in [-0.3, -0.25) is 62.9 Å². The van der Waals surface area contributed by atoms with Gasteiger partial charge in [-0.15, -0.1) is 0 Å². The van der Waals surface area contributed by atoms with Gasteiger partial charge in [0.05, 0.1) is 18.8 Å². The Labute approximate surface area is 588 Å². The first-order valence-corrected chi connectivity index (χ1v) is 35.2. The van der Waals surface area contributed by atoms with Gasteiger partial charge in [0.15, 0.2) is 5.96 Å². The molecule has 0 saturated carbocycles. The summed E-state index contributed by atoms with van der Waals surface area (Å²) in [6.07, 6.45) is 1.72. The van der Waals surface area contributed by atoms with Gasteiger partial charge in [-0.1, -0.05) is 70.9 Å². The normalized spacial score (nSPS) is 19.8. The monoisotopic (exact) mass is 1430 g/mol. The number of likely N-dealkylation sites (tertiary alicyclic amines) is 3. The number of rotatable bonds is 40. The molecule has 99 heavy (non-hydrogen) atoms. The molecule has 3 aliphatic rings. The minimum absolute atomic E-state index is 0.0202. The summed E-state index contributed by atoms with van der Waals surface area (Å²) in [5.74, 6) is -12.3. The van der Waals surface area contributed by atoms with Gasteiger partial charge < -0.3 is 100 Å². The minimum Gasteiger partial charge on any atom is -0.480 e. The molecule has 0 aromatic heterocycles. The number of carbonyl (C=O) groups excluding carboxylic acids is 12. The zero-order valence-electron chi connectivity index (χ0n) is 57.3. The molecular weight excluding hydrogens is 1330 g/mol. The van der Waals surface area contributed by atoms with Crippen molar-refractivity contribution in [1.82, 2.24) is 67.9 Å². The van der Waals surface area contributed by atoms with Crippen LogP contribution in [0.3, 0.4) is 0 Å². The first-order chi connectivity index (χ1) is 47.0. The maximum atomic E-state index is 14.8. The molecule has 0 spiro atoms. The first-order valence-electron chi connectivity index (χ1n) is 33.9. The number of unbranched alkanes of at least 4 members (excludes halogenated alkanes) is 1. The van der Waals surface area contributed by atoms with Crippen molar-refractivity contribution in [2.75, 3.05) is 50.8 Å². The number of aliphatic hydroxyl groups is 2. The van der Waals surface area contributed by atoms with Crippen LogP contribution in [-0.2, 0) is 68.7 Å². The second-order valence-electron chi connectivity index (χ2n) is 25.5. The SMILES string of the molecule is CC[C@H](C)[C@H](NC(=O)[C@@H]1CCCN1C(=O)[C@@H]1CCCN1C(=O)[C@@H](NC(=O)[C@H](CO)NC(=O)[C@H](CCCCN)NC(=O)[C@@H](NC(=O)[C@H](C)NC(=O)[C@H](CCCNC(=N)N)NC(=O)[C@@H]1CCCN1C(=O)[C@@H](N)CS)[C@@H](C)O)[C@@H](C)CC)C(=O)N[C@@H](CS)C(=O)N[C@@H](Cc1ccccc1)C(=O)O. The first kappa shape index (κ1) is 83.6. The molecule has 35 heteroatoms. The summed E-state index contributed by atoms with van der Waals surface area (Å²) in [6, 6.07) is -8.25. The number of nitrogens with one attached hydrogen (secondary N) is 11. The largest absolute Gasteiger partial charge is 0.480 e. The van der Waals surface area contributed by atoms with E-state index < -0.39 is 180 Å². The number of aliphatic carboxylic acids is 1. The molecule has 3 saturated heterocycles. The van der Waals surface area contributed by atoms with Crippen molar-refractivity contribution in [3.8, 4) is 0 Å². The van der Waals surface area contributed by atoms with Crippen LogP contribution in [0.5, 0.6) is 0 Å². The molecule has 4 rings (SSSR count). The number of hydrogen-bond donors (Lipinski definition) is 19. The standard InChI is InChI=1S/C64H105N17O16S2/c1-7-34(3)48(58(91)75-44(33-99)55(88)73-42(63(96)97)30-38-18-10-9-11-19-38)76-57(90)46-23-16-28-80(46)61(94)47-24-17-29-81(47)62(95)49(35(4)8-2)77-54(87)43(31-82)74-53(86)40(20-12-13-25-65)72-59(92)50(37(6)83)78-51(84)36(5)70-52(85)41(21-14-26-69-64(67)68)71-56(89)45-22-15-27-79(45)60(93)39(66)32-98/h9-11,18-19,34-37,39-50,82-83,98-99H,7-8,12-17,20-33,65-66H2,1-6H3,(H,70,85)(H,71,89)(H,72,92)(H,73,88)(H,74,86)(H,75,91)(H,76,90)(H,77,87)(H,78,84)(H,96,97)(H4,67,68,69)/t34-,35-,36-,37+,39-,40-,41-,42-,43-,44-,45-,46-,47-,48-,49-,50-/m0/s1. The number of benzene rings is 1. The number of amides is 12. The van der Waals surface area contributed by atoms with Gasteiger partial charge in [-0.05, 0) is 108 Å². The van der Waals surface area contributed by atoms with Crippen molar-refractivity contribution < 1.29 is 77.6 Å². The highest BCUT2D eigenvalue weighted by molar-refractivity contribution is 7.80. The van der Waals surface area contributed by atoms with E-state index in [9.17, 15) is 77.6 Å². The topological polar surface area (TPSA) is 515 Å². The zero-order chi connectivity index (χ0) is 73.8. The number of carboxylic acids is 1. The van der Waals surface area contributed by atoms with E-state index in [4.69, 9.17) is 22.6 Å². The number of thiol groups is 2. The lowest BCUT2D eigenvalue weighted by Gasteiger charge is -2.35. The lowest BCUT2D eigenvalue weighted by Crippen LogP contribution is -2.62. The third kappa shape index (κ3) is 24.8. The molecule has 33 nitrogen and oxygen atoms in total. The van der Waals surface area contributed by atoms with Crippen LogP contribution in [0.4, 0.5) is 0 Å². The molecule has 554 valence electrons. The van der Waals surface area contributed by atoms with Crippen molar-refractivity contribution in [2.24, 2.45) is 29.0 Å². The highest BCUT2D eigenvalue weighted by atomic mass is 32.1. The van der Waals surface area contributed by atoms with Gasteiger partial charge in [0, 0.05) is 44.1 Å². The van der Waals surface area contributed by atoms with Crippen LogP contribution in [0.1, 0.15) is 131 Å². The Kier molecular flexibility index (Phi) is 35.2. The molecule has 0 bridgehead atoms. The van der Waals surface area contributed by atoms with Crippen LogP contribution < -0.4 is 70.4 Å². The van der Waals surface area contributed by atoms with Crippen molar-refractivity contribution in [1.29, 1.82) is 5.41 Å². The number of hydrogen-bond acceptors (Lipinski definition) is 20. The van der Waals surface area contributed by atoms with Crippen LogP contribution in [0, 0.1) is 17.2 Å². The number of guanidine groups is 1. The van der Waals surface area contributed by atoms with E-state index in [1.54, 1.807) is 58.0 Å². The molecule has 3 heterocycles. The Morgan fingerprint density at radius 1 is 0.566 bits per heavy atom. The lowest BCUT2D eigenvalue weighted by molar-refractivity contribution is -0.149. The van der Waals surface area contributed by atoms with E-state index >= 15 is 0 Å². The summed E-state index contributed by atoms with van der Waals surface area (Å²) in [4.78, 5) is 184. The Hall–Kier alpha value is -7.86. The molecule has 3 fully saturated rings. The van der Waals surface area contributed by atoms with E-state index in [1.807, 2.05) is 0 Å². The van der Waals surface area contributed by atoms with Gasteiger partial charge in [0.25, 0.3) is 0 Å². The molecule has 20 N–H and O–H groups in total. The number of aliphatic hydroxyl groups excluding tert-OH is 2. The van der Waals surface area contributed by atoms with E-state index in [2.05, 4.69) is 78.4 Å². The van der Waals surface area contributed by atoms with E-state index in [1.165, 1.54) is 28.5 Å². The van der Waals surface area contributed by atoms with Crippen LogP contribution in [0.25, 0.3) is 0 Å². The number of nitrogens with two attached hydrogens (primary N) is 3. The Bertz CT molecular complexity index is 2960. The van der Waals surface area contributed by atoms with Gasteiger partial charge >= 0.3 is 5.97 Å². The number of carboxylic acid groups (broad SMARTS) is 1. The number of nitrogens with zero attached hydrogens (tertiary/aromatic N) is 3. The molecule has 3 aliphatic heterocycles. The molecular formula is C64H105N17O16S2. The quantitative estimate of drug-likeness (QED) is 0.0128. The minimum atomic E-state index is -1.76. The molecule has 0 unspecified atom stereocenters. The predicted octanol–water partition coefficient (Wildman–Crippen LogP) is -4.29. The Morgan fingerprint density at radius 3 is 1.62 bits per heavy atom. The summed E-state index contributed by atoms with van der Waals surface area (Å²) in [6.45, 7) is 9.18. The smallest absolute Gasteiger partial charge is 0.326 e. The average molecular weight is 1430 g/mol. The summed E-state index contributed by atoms with van der Waals surface area (Å²) in [5, 5.41) is 64.5. The fourth-order valence-electron chi connectivity index (χ4n) is 11.8. The zero-order valence-corrected chi connectivity index (χ0v) is 59.1. The summed E-state index contributed by atoms with van der Waals surface area (Å²) in [7, 11) is 0. The molecule has 1 aromatic rings. The van der Waals surface area contributed by atoms with Crippen molar-refractivity contribution in [2.45, 2.75) is 216 Å². The van der Waals surface area contributed by atoms with Crippen LogP contribution in [-0.4, -0.2) is 248 Å². The third-order valence-electron chi connectivity index (χ3n) is 18.1. The molecule has 16 atom stereocenters. The van der Waals surface area contributed by atoms with Crippen LogP contribution in [0.15, 0.2) is 30.3 Å². The van der Waals surface area contributed by atoms with Gasteiger partial charge in [-0.25, -0.2) is 4.79 Å². The Balaban J connectivity index is 1.44. The second kappa shape index (κ2) is 41.6. The predicted molar refractivity (Wildman–Crippen MR) is 370 cm³/mol. The molecule has 0 aliphatic carbocycles. The second-order valence-corrected chi connectivity index (χ2v) is 26.3. The summed E-state index contributed by atoms with van der Waals surface area (Å²) in [5.41, 5.74) is 17.7. The summed E-state index contributed by atoms with van der Waals surface area (Å²) < 4.78 is 0. The fourth-order valence-corrected chi connectivity index (χ4v) is 12.3. The molecule has 12 amide bonds. The van der Waals surface area contributed by atoms with Gasteiger partial charge in [0.2, 0.25) is 70.9 Å². The van der Waals surface area contributed by atoms with Crippen LogP contribution in [0.2, 0.25) is 0 Å². The van der Waals surface area contributed by atoms with Crippen molar-refractivity contribution in [3.63, 3.8) is 0 Å². The van der Waals surface area contributed by atoms with Crippen molar-refractivity contribution in [3.05, 3.63) is 35.9 Å². The maximum Gasteiger partial charge on any atom is 0.326 e. The molecule has 0 radical (unpaired) electrons. The third-order valence-corrected chi connectivity index (χ3v) is 18.9. The van der Waals surface area contributed by atoms with E-state index in [0.29, 0.717) is 44.1 Å². The maximum absolute atomic E-state index is 14.8. The fraction of sp³-hybridized carbons (Fsp3) is 0.688. The highest BCUT2D eigenvalue weighted by Crippen LogP contribution is 2.28. The van der Waals surface area contributed by atoms with Crippen molar-refractivity contribution >= 4 is 108 Å². The molecule has 1 aromatic carbocycles. The summed E-state index contributed by atoms with van der Waals surface area (Å²) >= 11 is 8.35.